The van der Waals surface area contributed by atoms with Crippen molar-refractivity contribution in [3.05, 3.63) is 35.5 Å². The second kappa shape index (κ2) is 4.68. The number of para-hydroxylation sites is 1. The molecular weight excluding hydrogens is 200 g/mol. The van der Waals surface area contributed by atoms with E-state index in [0.717, 1.165) is 18.7 Å². The molecule has 86 valence electrons. The van der Waals surface area contributed by atoms with Gasteiger partial charge in [0.05, 0.1) is 6.61 Å². The summed E-state index contributed by atoms with van der Waals surface area (Å²) in [5.74, 6) is 0. The summed E-state index contributed by atoms with van der Waals surface area (Å²) < 4.78 is 2.18. The molecule has 0 saturated heterocycles. The quantitative estimate of drug-likeness (QED) is 0.822. The lowest BCUT2D eigenvalue weighted by Crippen LogP contribution is -2.08. The minimum absolute atomic E-state index is 0.0884. The molecule has 2 rings (SSSR count). The van der Waals surface area contributed by atoms with Gasteiger partial charge in [-0.15, -0.1) is 0 Å². The predicted molar refractivity (Wildman–Crippen MR) is 66.3 cm³/mol. The van der Waals surface area contributed by atoms with E-state index in [2.05, 4.69) is 23.6 Å². The van der Waals surface area contributed by atoms with Crippen LogP contribution in [0.2, 0.25) is 0 Å². The van der Waals surface area contributed by atoms with Crippen LogP contribution >= 0.6 is 0 Å². The third kappa shape index (κ3) is 1.72. The Morgan fingerprint density at radius 3 is 2.75 bits per heavy atom. The van der Waals surface area contributed by atoms with E-state index in [-0.39, 0.29) is 6.61 Å². The van der Waals surface area contributed by atoms with Crippen LogP contribution in [0.15, 0.2) is 24.3 Å². The number of hydrogen-bond acceptors (Lipinski definition) is 2. The van der Waals surface area contributed by atoms with Crippen LogP contribution in [0.5, 0.6) is 0 Å². The number of nitrogens with zero attached hydrogens (tertiary/aromatic N) is 1. The molecule has 0 aliphatic heterocycles. The fraction of sp³-hybridized carbons (Fsp3) is 0.385. The number of benzene rings is 1. The van der Waals surface area contributed by atoms with Crippen molar-refractivity contribution in [3.63, 3.8) is 0 Å². The highest BCUT2D eigenvalue weighted by Crippen LogP contribution is 2.25. The number of aliphatic hydroxyl groups is 1. The second-order valence-corrected chi connectivity index (χ2v) is 4.04. The molecule has 0 aliphatic rings. The maximum absolute atomic E-state index is 9.45. The molecule has 3 heteroatoms. The van der Waals surface area contributed by atoms with E-state index in [1.54, 1.807) is 0 Å². The Morgan fingerprint density at radius 2 is 2.06 bits per heavy atom. The summed E-state index contributed by atoms with van der Waals surface area (Å²) in [6.07, 6.45) is 0.936. The van der Waals surface area contributed by atoms with Gasteiger partial charge in [-0.25, -0.2) is 0 Å². The molecule has 0 bridgehead atoms. The van der Waals surface area contributed by atoms with Gasteiger partial charge in [0.15, 0.2) is 0 Å². The Balaban J connectivity index is 2.58. The maximum Gasteiger partial charge on any atom is 0.0835 e. The Bertz CT molecular complexity index is 488. The van der Waals surface area contributed by atoms with Gasteiger partial charge >= 0.3 is 0 Å². The molecule has 0 fully saturated rings. The highest BCUT2D eigenvalue weighted by molar-refractivity contribution is 5.85. The lowest BCUT2D eigenvalue weighted by molar-refractivity contribution is 0.270. The Kier molecular flexibility index (Phi) is 3.27. The molecule has 0 atom stereocenters. The van der Waals surface area contributed by atoms with Crippen molar-refractivity contribution in [1.82, 2.24) is 4.57 Å². The summed E-state index contributed by atoms with van der Waals surface area (Å²) in [6.45, 7) is 3.70. The zero-order valence-electron chi connectivity index (χ0n) is 9.61. The van der Waals surface area contributed by atoms with Crippen LogP contribution in [0.3, 0.4) is 0 Å². The molecule has 3 nitrogen and oxygen atoms in total. The fourth-order valence-corrected chi connectivity index (χ4v) is 2.24. The smallest absolute Gasteiger partial charge is 0.0835 e. The molecule has 0 aliphatic carbocycles. The van der Waals surface area contributed by atoms with Crippen molar-refractivity contribution in [2.75, 3.05) is 6.54 Å². The van der Waals surface area contributed by atoms with Crippen LogP contribution in [-0.4, -0.2) is 16.2 Å². The summed E-state index contributed by atoms with van der Waals surface area (Å²) in [4.78, 5) is 0. The zero-order valence-corrected chi connectivity index (χ0v) is 9.61. The lowest BCUT2D eigenvalue weighted by atomic mass is 10.1. The van der Waals surface area contributed by atoms with Gasteiger partial charge in [-0.2, -0.15) is 0 Å². The molecule has 0 saturated carbocycles. The van der Waals surface area contributed by atoms with Crippen molar-refractivity contribution in [3.8, 4) is 0 Å². The molecule has 3 N–H and O–H groups in total. The van der Waals surface area contributed by atoms with Gasteiger partial charge in [0.1, 0.15) is 0 Å². The first-order valence-electron chi connectivity index (χ1n) is 5.67. The van der Waals surface area contributed by atoms with Crippen molar-refractivity contribution >= 4 is 10.9 Å². The van der Waals surface area contributed by atoms with Gasteiger partial charge in [-0.1, -0.05) is 18.2 Å². The Labute approximate surface area is 95.5 Å². The number of fused-ring (bicyclic) bond motifs is 1. The molecule has 1 heterocycles. The SMILES string of the molecule is Cc1c(CO)n(CCCN)c2ccccc12. The average molecular weight is 218 g/mol. The fourth-order valence-electron chi connectivity index (χ4n) is 2.24. The van der Waals surface area contributed by atoms with E-state index in [1.807, 2.05) is 12.1 Å². The summed E-state index contributed by atoms with van der Waals surface area (Å²) in [5.41, 5.74) is 8.92. The van der Waals surface area contributed by atoms with E-state index in [9.17, 15) is 5.11 Å². The van der Waals surface area contributed by atoms with Gasteiger partial charge in [0.25, 0.3) is 0 Å². The monoisotopic (exact) mass is 218 g/mol. The molecule has 0 unspecified atom stereocenters. The van der Waals surface area contributed by atoms with Crippen molar-refractivity contribution < 1.29 is 5.11 Å². The average Bonchev–Trinajstić information content (AvgIpc) is 2.60. The van der Waals surface area contributed by atoms with Gasteiger partial charge in [0.2, 0.25) is 0 Å². The molecule has 2 aromatic rings. The lowest BCUT2D eigenvalue weighted by Gasteiger charge is -2.08. The Morgan fingerprint density at radius 1 is 1.31 bits per heavy atom. The topological polar surface area (TPSA) is 51.2 Å². The van der Waals surface area contributed by atoms with Crippen LogP contribution in [0.25, 0.3) is 10.9 Å². The third-order valence-corrected chi connectivity index (χ3v) is 3.09. The maximum atomic E-state index is 9.45. The normalized spacial score (nSPS) is 11.2. The van der Waals surface area contributed by atoms with Crippen molar-refractivity contribution in [2.24, 2.45) is 5.73 Å². The van der Waals surface area contributed by atoms with E-state index < -0.39 is 0 Å². The number of aliphatic hydroxyl groups excluding tert-OH is 1. The molecule has 1 aromatic carbocycles. The van der Waals surface area contributed by atoms with Crippen LogP contribution in [0, 0.1) is 6.92 Å². The molecular formula is C13H18N2O. The number of aryl methyl sites for hydroxylation is 2. The summed E-state index contributed by atoms with van der Waals surface area (Å²) in [5, 5.41) is 10.7. The molecule has 16 heavy (non-hydrogen) atoms. The van der Waals surface area contributed by atoms with Crippen LogP contribution < -0.4 is 5.73 Å². The van der Waals surface area contributed by atoms with Gasteiger partial charge in [-0.3, -0.25) is 0 Å². The Hall–Kier alpha value is -1.32. The summed E-state index contributed by atoms with van der Waals surface area (Å²) >= 11 is 0. The summed E-state index contributed by atoms with van der Waals surface area (Å²) in [6, 6.07) is 8.26. The molecule has 0 amide bonds. The first-order chi connectivity index (χ1) is 7.79. The predicted octanol–water partition coefficient (Wildman–Crippen LogP) is 1.79. The highest BCUT2D eigenvalue weighted by atomic mass is 16.3. The first-order valence-corrected chi connectivity index (χ1v) is 5.67. The number of nitrogens with two attached hydrogens (primary N) is 1. The van der Waals surface area contributed by atoms with Crippen molar-refractivity contribution in [1.29, 1.82) is 0 Å². The van der Waals surface area contributed by atoms with Gasteiger partial charge in [0, 0.05) is 23.1 Å². The van der Waals surface area contributed by atoms with Crippen LogP contribution in [-0.2, 0) is 13.2 Å². The van der Waals surface area contributed by atoms with Gasteiger partial charge < -0.3 is 15.4 Å². The van der Waals surface area contributed by atoms with Crippen molar-refractivity contribution in [2.45, 2.75) is 26.5 Å². The van der Waals surface area contributed by atoms with E-state index >= 15 is 0 Å². The molecule has 0 spiro atoms. The van der Waals surface area contributed by atoms with E-state index in [0.29, 0.717) is 6.54 Å². The standard InChI is InChI=1S/C13H18N2O/c1-10-11-5-2-3-6-12(11)15(8-4-7-14)13(10)9-16/h2-3,5-6,16H,4,7-9,14H2,1H3. The highest BCUT2D eigenvalue weighted by Gasteiger charge is 2.11. The summed E-state index contributed by atoms with van der Waals surface area (Å²) in [7, 11) is 0. The van der Waals surface area contributed by atoms with Gasteiger partial charge in [-0.05, 0) is 31.5 Å². The number of aromatic nitrogens is 1. The minimum atomic E-state index is 0.0884. The van der Waals surface area contributed by atoms with E-state index in [1.165, 1.54) is 16.5 Å². The second-order valence-electron chi connectivity index (χ2n) is 4.04. The minimum Gasteiger partial charge on any atom is -0.390 e. The number of hydrogen-bond donors (Lipinski definition) is 2. The van der Waals surface area contributed by atoms with Crippen LogP contribution in [0.1, 0.15) is 17.7 Å². The zero-order chi connectivity index (χ0) is 11.5. The third-order valence-electron chi connectivity index (χ3n) is 3.09. The van der Waals surface area contributed by atoms with E-state index in [4.69, 9.17) is 5.73 Å². The van der Waals surface area contributed by atoms with Crippen LogP contribution in [0.4, 0.5) is 0 Å². The largest absolute Gasteiger partial charge is 0.390 e. The molecule has 0 radical (unpaired) electrons. The molecule has 1 aromatic heterocycles. The first kappa shape index (κ1) is 11.2. The number of rotatable bonds is 4.